The number of fused-ring (bicyclic) bond motifs is 1. The molecular formula is C22H27BrN4O2. The number of aromatic nitrogens is 3. The lowest BCUT2D eigenvalue weighted by atomic mass is 9.98. The standard InChI is InChI=1S/C22H27BrN4O2/c1-6-17-7-8-19-20(15-11-16(23)13-24-12-15)18(14(2)26-27(17)19)9-10-29-21(28)25-22(3,4)5/h7-8,11-13H,6,9-10H2,1-5H3,(H,25,28). The van der Waals surface area contributed by atoms with Crippen LogP contribution in [0.2, 0.25) is 0 Å². The summed E-state index contributed by atoms with van der Waals surface area (Å²) in [4.78, 5) is 16.4. The lowest BCUT2D eigenvalue weighted by molar-refractivity contribution is 0.139. The number of amides is 1. The van der Waals surface area contributed by atoms with E-state index >= 15 is 0 Å². The van der Waals surface area contributed by atoms with Crippen molar-refractivity contribution in [3.63, 3.8) is 0 Å². The fourth-order valence-corrected chi connectivity index (χ4v) is 3.72. The van der Waals surface area contributed by atoms with Gasteiger partial charge in [-0.25, -0.2) is 9.31 Å². The molecule has 1 amide bonds. The third-order valence-electron chi connectivity index (χ3n) is 4.60. The predicted molar refractivity (Wildman–Crippen MR) is 118 cm³/mol. The maximum absolute atomic E-state index is 12.0. The third-order valence-corrected chi connectivity index (χ3v) is 5.03. The molecule has 0 unspecified atom stereocenters. The molecule has 154 valence electrons. The summed E-state index contributed by atoms with van der Waals surface area (Å²) in [6, 6.07) is 6.25. The minimum Gasteiger partial charge on any atom is -0.449 e. The zero-order chi connectivity index (χ0) is 21.2. The highest BCUT2D eigenvalue weighted by atomic mass is 79.9. The van der Waals surface area contributed by atoms with Crippen molar-refractivity contribution in [3.05, 3.63) is 52.0 Å². The second kappa shape index (κ2) is 8.53. The van der Waals surface area contributed by atoms with Gasteiger partial charge in [0, 0.05) is 45.6 Å². The van der Waals surface area contributed by atoms with Crippen LogP contribution in [0.25, 0.3) is 16.6 Å². The maximum atomic E-state index is 12.0. The quantitative estimate of drug-likeness (QED) is 0.577. The van der Waals surface area contributed by atoms with Gasteiger partial charge in [0.25, 0.3) is 0 Å². The minimum atomic E-state index is -0.411. The first-order chi connectivity index (χ1) is 13.7. The molecule has 0 aliphatic carbocycles. The molecule has 3 aromatic rings. The third kappa shape index (κ3) is 4.96. The van der Waals surface area contributed by atoms with E-state index in [1.165, 1.54) is 0 Å². The number of carbonyl (C=O) groups excluding carboxylic acids is 1. The second-order valence-electron chi connectivity index (χ2n) is 8.07. The summed E-state index contributed by atoms with van der Waals surface area (Å²) in [5.41, 5.74) is 5.90. The SMILES string of the molecule is CCc1ccc2c(-c3cncc(Br)c3)c(CCOC(=O)NC(C)(C)C)c(C)nn12. The van der Waals surface area contributed by atoms with Crippen molar-refractivity contribution < 1.29 is 9.53 Å². The summed E-state index contributed by atoms with van der Waals surface area (Å²) in [5, 5.41) is 7.62. The molecule has 6 nitrogen and oxygen atoms in total. The van der Waals surface area contributed by atoms with E-state index in [9.17, 15) is 4.79 Å². The van der Waals surface area contributed by atoms with Crippen molar-refractivity contribution >= 4 is 27.5 Å². The number of aryl methyl sites for hydroxylation is 2. The summed E-state index contributed by atoms with van der Waals surface area (Å²) in [7, 11) is 0. The Labute approximate surface area is 179 Å². The summed E-state index contributed by atoms with van der Waals surface area (Å²) in [6.07, 6.45) is 4.68. The van der Waals surface area contributed by atoms with Crippen LogP contribution in [-0.2, 0) is 17.6 Å². The molecule has 0 radical (unpaired) electrons. The van der Waals surface area contributed by atoms with Crippen molar-refractivity contribution in [2.75, 3.05) is 6.61 Å². The summed E-state index contributed by atoms with van der Waals surface area (Å²) < 4.78 is 8.34. The molecule has 0 saturated carbocycles. The molecule has 0 aliphatic heterocycles. The first-order valence-electron chi connectivity index (χ1n) is 9.75. The number of hydrogen-bond donors (Lipinski definition) is 1. The molecule has 3 rings (SSSR count). The average Bonchev–Trinajstić information content (AvgIpc) is 3.02. The van der Waals surface area contributed by atoms with E-state index in [0.29, 0.717) is 6.42 Å². The topological polar surface area (TPSA) is 68.5 Å². The highest BCUT2D eigenvalue weighted by Gasteiger charge is 2.19. The number of nitrogens with one attached hydrogen (secondary N) is 1. The summed E-state index contributed by atoms with van der Waals surface area (Å²) in [5.74, 6) is 0. The smallest absolute Gasteiger partial charge is 0.407 e. The number of rotatable bonds is 5. The van der Waals surface area contributed by atoms with E-state index in [0.717, 1.165) is 44.5 Å². The molecule has 3 heterocycles. The van der Waals surface area contributed by atoms with Gasteiger partial charge in [-0.1, -0.05) is 6.92 Å². The van der Waals surface area contributed by atoms with Crippen LogP contribution in [0.5, 0.6) is 0 Å². The Morgan fingerprint density at radius 1 is 1.28 bits per heavy atom. The van der Waals surface area contributed by atoms with Gasteiger partial charge in [-0.15, -0.1) is 0 Å². The number of hydrogen-bond acceptors (Lipinski definition) is 4. The first kappa shape index (κ1) is 21.3. The van der Waals surface area contributed by atoms with Crippen LogP contribution in [0.4, 0.5) is 4.79 Å². The van der Waals surface area contributed by atoms with Crippen LogP contribution in [0.3, 0.4) is 0 Å². The van der Waals surface area contributed by atoms with Gasteiger partial charge in [-0.2, -0.15) is 5.10 Å². The molecule has 7 heteroatoms. The van der Waals surface area contributed by atoms with Crippen molar-refractivity contribution in [1.82, 2.24) is 19.9 Å². The molecule has 0 aliphatic rings. The normalized spacial score (nSPS) is 11.7. The number of nitrogens with zero attached hydrogens (tertiary/aromatic N) is 3. The van der Waals surface area contributed by atoms with Gasteiger partial charge in [0.15, 0.2) is 0 Å². The lowest BCUT2D eigenvalue weighted by Crippen LogP contribution is -2.41. The van der Waals surface area contributed by atoms with Gasteiger partial charge < -0.3 is 10.1 Å². The van der Waals surface area contributed by atoms with Crippen molar-refractivity contribution in [2.24, 2.45) is 0 Å². The van der Waals surface area contributed by atoms with Crippen LogP contribution in [0.1, 0.15) is 44.6 Å². The molecular weight excluding hydrogens is 432 g/mol. The van der Waals surface area contributed by atoms with Gasteiger partial charge in [0.1, 0.15) is 0 Å². The number of ether oxygens (including phenoxy) is 1. The van der Waals surface area contributed by atoms with E-state index in [1.54, 1.807) is 6.20 Å². The molecule has 0 fully saturated rings. The predicted octanol–water partition coefficient (Wildman–Crippen LogP) is 5.10. The van der Waals surface area contributed by atoms with Crippen LogP contribution in [0, 0.1) is 6.92 Å². The number of alkyl carbamates (subject to hydrolysis) is 1. The Kier molecular flexibility index (Phi) is 6.27. The van der Waals surface area contributed by atoms with Gasteiger partial charge >= 0.3 is 6.09 Å². The fourth-order valence-electron chi connectivity index (χ4n) is 3.36. The Bertz CT molecular complexity index is 1040. The number of halogens is 1. The second-order valence-corrected chi connectivity index (χ2v) is 8.98. The van der Waals surface area contributed by atoms with Crippen LogP contribution < -0.4 is 5.32 Å². The van der Waals surface area contributed by atoms with Crippen molar-refractivity contribution in [2.45, 2.75) is 53.0 Å². The van der Waals surface area contributed by atoms with E-state index in [4.69, 9.17) is 9.84 Å². The zero-order valence-electron chi connectivity index (χ0n) is 17.5. The molecule has 1 N–H and O–H groups in total. The van der Waals surface area contributed by atoms with Gasteiger partial charge in [-0.3, -0.25) is 4.98 Å². The van der Waals surface area contributed by atoms with E-state index in [1.807, 2.05) is 38.4 Å². The largest absolute Gasteiger partial charge is 0.449 e. The highest BCUT2D eigenvalue weighted by Crippen LogP contribution is 2.32. The minimum absolute atomic E-state index is 0.274. The average molecular weight is 459 g/mol. The Balaban J connectivity index is 1.99. The first-order valence-corrected chi connectivity index (χ1v) is 10.5. The summed E-state index contributed by atoms with van der Waals surface area (Å²) >= 11 is 3.52. The monoisotopic (exact) mass is 458 g/mol. The number of carbonyl (C=O) groups is 1. The molecule has 0 aromatic carbocycles. The molecule has 0 saturated heterocycles. The molecule has 0 bridgehead atoms. The number of pyridine rings is 1. The molecule has 0 atom stereocenters. The molecule has 3 aromatic heterocycles. The van der Waals surface area contributed by atoms with Crippen LogP contribution >= 0.6 is 15.9 Å². The molecule has 0 spiro atoms. The van der Waals surface area contributed by atoms with E-state index in [2.05, 4.69) is 51.4 Å². The maximum Gasteiger partial charge on any atom is 0.407 e. The fraction of sp³-hybridized carbons (Fsp3) is 0.409. The van der Waals surface area contributed by atoms with Crippen LogP contribution in [-0.4, -0.2) is 32.8 Å². The van der Waals surface area contributed by atoms with Gasteiger partial charge in [-0.05, 0) is 73.8 Å². The van der Waals surface area contributed by atoms with Gasteiger partial charge in [0.05, 0.1) is 17.8 Å². The highest BCUT2D eigenvalue weighted by molar-refractivity contribution is 9.10. The lowest BCUT2D eigenvalue weighted by Gasteiger charge is -2.20. The molecule has 29 heavy (non-hydrogen) atoms. The Morgan fingerprint density at radius 2 is 2.03 bits per heavy atom. The Hall–Kier alpha value is -2.41. The van der Waals surface area contributed by atoms with E-state index < -0.39 is 6.09 Å². The van der Waals surface area contributed by atoms with Crippen molar-refractivity contribution in [1.29, 1.82) is 0 Å². The zero-order valence-corrected chi connectivity index (χ0v) is 19.1. The summed E-state index contributed by atoms with van der Waals surface area (Å²) in [6.45, 7) is 10.2. The Morgan fingerprint density at radius 3 is 2.69 bits per heavy atom. The van der Waals surface area contributed by atoms with E-state index in [-0.39, 0.29) is 12.1 Å². The van der Waals surface area contributed by atoms with Crippen LogP contribution in [0.15, 0.2) is 35.1 Å². The van der Waals surface area contributed by atoms with Crippen molar-refractivity contribution in [3.8, 4) is 11.1 Å². The van der Waals surface area contributed by atoms with Gasteiger partial charge in [0.2, 0.25) is 0 Å².